The van der Waals surface area contributed by atoms with Crippen LogP contribution in [0.15, 0.2) is 64.5 Å². The van der Waals surface area contributed by atoms with Gasteiger partial charge in [0.05, 0.1) is 16.9 Å². The zero-order valence-corrected chi connectivity index (χ0v) is 19.2. The molecule has 0 atom stereocenters. The van der Waals surface area contributed by atoms with E-state index in [9.17, 15) is 24.5 Å². The van der Waals surface area contributed by atoms with E-state index >= 15 is 0 Å². The van der Waals surface area contributed by atoms with Gasteiger partial charge in [0.25, 0.3) is 17.2 Å². The fourth-order valence-corrected chi connectivity index (χ4v) is 3.69. The molecule has 0 aliphatic carbocycles. The molecule has 1 amide bonds. The van der Waals surface area contributed by atoms with Crippen LogP contribution in [0.2, 0.25) is 0 Å². The highest BCUT2D eigenvalue weighted by Crippen LogP contribution is 2.16. The van der Waals surface area contributed by atoms with Crippen molar-refractivity contribution in [1.82, 2.24) is 14.0 Å². The third-order valence-corrected chi connectivity index (χ3v) is 5.28. The van der Waals surface area contributed by atoms with Gasteiger partial charge in [0, 0.05) is 29.9 Å². The molecule has 0 N–H and O–H groups in total. The van der Waals surface area contributed by atoms with E-state index in [0.29, 0.717) is 5.65 Å². The summed E-state index contributed by atoms with van der Waals surface area (Å²) < 4.78 is 8.08. The highest BCUT2D eigenvalue weighted by molar-refractivity contribution is 5.97. The number of carbonyl (C=O) groups excluding carboxylic acids is 2. The Morgan fingerprint density at radius 2 is 1.89 bits per heavy atom. The highest BCUT2D eigenvalue weighted by atomic mass is 16.6. The molecular formula is C24H21N5O6. The maximum absolute atomic E-state index is 13.2. The molecule has 0 bridgehead atoms. The Kier molecular flexibility index (Phi) is 6.24. The van der Waals surface area contributed by atoms with Crippen molar-refractivity contribution in [2.45, 2.75) is 26.8 Å². The molecule has 4 rings (SSSR count). The van der Waals surface area contributed by atoms with Crippen LogP contribution < -0.4 is 11.0 Å². The van der Waals surface area contributed by atoms with Crippen LogP contribution in [0.3, 0.4) is 0 Å². The molecule has 0 aliphatic heterocycles. The fourth-order valence-electron chi connectivity index (χ4n) is 3.69. The van der Waals surface area contributed by atoms with Crippen LogP contribution in [0.5, 0.6) is 0 Å². The smallest absolute Gasteiger partial charge is 0.341 e. The van der Waals surface area contributed by atoms with Gasteiger partial charge in [-0.3, -0.25) is 24.1 Å². The molecular weight excluding hydrogens is 454 g/mol. The van der Waals surface area contributed by atoms with Crippen LogP contribution in [-0.4, -0.2) is 37.4 Å². The maximum Gasteiger partial charge on any atom is 0.341 e. The third kappa shape index (κ3) is 4.31. The molecule has 0 fully saturated rings. The second kappa shape index (κ2) is 9.29. The van der Waals surface area contributed by atoms with E-state index in [2.05, 4.69) is 9.98 Å². The number of fused-ring (bicyclic) bond motifs is 2. The number of rotatable bonds is 5. The zero-order chi connectivity index (χ0) is 25.3. The summed E-state index contributed by atoms with van der Waals surface area (Å²) in [5.41, 5.74) is 0.0643. The lowest BCUT2D eigenvalue weighted by Gasteiger charge is -2.17. The Morgan fingerprint density at radius 1 is 1.17 bits per heavy atom. The molecule has 35 heavy (non-hydrogen) atoms. The lowest BCUT2D eigenvalue weighted by molar-refractivity contribution is -0.384. The third-order valence-electron chi connectivity index (χ3n) is 5.28. The van der Waals surface area contributed by atoms with Gasteiger partial charge in [-0.25, -0.2) is 9.78 Å². The number of carbonyl (C=O) groups is 2. The number of benzene rings is 1. The van der Waals surface area contributed by atoms with Crippen LogP contribution in [-0.2, 0) is 4.74 Å². The Bertz CT molecular complexity index is 1620. The number of aromatic nitrogens is 3. The number of nitrogens with zero attached hydrogens (tertiary/aromatic N) is 5. The molecule has 11 nitrogen and oxygen atoms in total. The summed E-state index contributed by atoms with van der Waals surface area (Å²) in [6.07, 6.45) is 1.57. The van der Waals surface area contributed by atoms with Crippen LogP contribution >= 0.6 is 0 Å². The van der Waals surface area contributed by atoms with Crippen molar-refractivity contribution < 1.29 is 19.2 Å². The molecule has 0 spiro atoms. The molecule has 0 radical (unpaired) electrons. The number of ether oxygens (including phenoxy) is 1. The average Bonchev–Trinajstić information content (AvgIpc) is 2.83. The summed E-state index contributed by atoms with van der Waals surface area (Å²) in [6, 6.07) is 11.0. The topological polar surface area (TPSA) is 138 Å². The van der Waals surface area contributed by atoms with E-state index in [1.807, 2.05) is 0 Å². The van der Waals surface area contributed by atoms with Crippen LogP contribution in [0.25, 0.3) is 16.7 Å². The number of amides is 1. The Morgan fingerprint density at radius 3 is 2.51 bits per heavy atom. The monoisotopic (exact) mass is 475 g/mol. The van der Waals surface area contributed by atoms with Crippen molar-refractivity contribution >= 4 is 34.2 Å². The minimum atomic E-state index is -0.753. The minimum absolute atomic E-state index is 0.0264. The van der Waals surface area contributed by atoms with Gasteiger partial charge in [-0.1, -0.05) is 6.07 Å². The number of nitro benzene ring substituents is 1. The van der Waals surface area contributed by atoms with Crippen molar-refractivity contribution in [1.29, 1.82) is 0 Å². The standard InChI is InChI=1S/C24H21N5O6/c1-4-35-24(32)18-13-17-20(25-19-7-5-6-12-27(19)23(17)31)28(14(2)3)21(18)26-22(30)15-8-10-16(11-9-15)29(33)34/h5-14H,4H2,1-3H3. The van der Waals surface area contributed by atoms with E-state index in [1.165, 1.54) is 34.7 Å². The predicted octanol–water partition coefficient (Wildman–Crippen LogP) is 3.06. The number of pyridine rings is 2. The minimum Gasteiger partial charge on any atom is -0.462 e. The summed E-state index contributed by atoms with van der Waals surface area (Å²) in [6.45, 7) is 5.32. The first-order valence-corrected chi connectivity index (χ1v) is 10.8. The largest absolute Gasteiger partial charge is 0.462 e. The van der Waals surface area contributed by atoms with Gasteiger partial charge in [0.15, 0.2) is 5.49 Å². The number of hydrogen-bond donors (Lipinski definition) is 0. The summed E-state index contributed by atoms with van der Waals surface area (Å²) in [4.78, 5) is 58.3. The molecule has 0 saturated heterocycles. The molecule has 1 aromatic carbocycles. The van der Waals surface area contributed by atoms with Crippen molar-refractivity contribution in [2.75, 3.05) is 6.61 Å². The van der Waals surface area contributed by atoms with Crippen LogP contribution in [0.1, 0.15) is 47.5 Å². The molecule has 0 saturated carbocycles. The normalized spacial score (nSPS) is 11.8. The van der Waals surface area contributed by atoms with Crippen LogP contribution in [0, 0.1) is 10.1 Å². The quantitative estimate of drug-likeness (QED) is 0.187. The Labute approximate surface area is 198 Å². The first-order valence-electron chi connectivity index (χ1n) is 10.8. The van der Waals surface area contributed by atoms with E-state index < -0.39 is 22.4 Å². The Balaban J connectivity index is 2.07. The van der Waals surface area contributed by atoms with E-state index in [-0.39, 0.29) is 46.0 Å². The lowest BCUT2D eigenvalue weighted by atomic mass is 10.1. The van der Waals surface area contributed by atoms with Gasteiger partial charge >= 0.3 is 5.97 Å². The highest BCUT2D eigenvalue weighted by Gasteiger charge is 2.21. The molecule has 0 aliphatic rings. The first kappa shape index (κ1) is 23.5. The van der Waals surface area contributed by atoms with Crippen molar-refractivity contribution in [2.24, 2.45) is 4.99 Å². The molecule has 11 heteroatoms. The number of nitro groups is 1. The number of non-ortho nitro benzene ring substituents is 1. The summed E-state index contributed by atoms with van der Waals surface area (Å²) in [7, 11) is 0. The van der Waals surface area contributed by atoms with Gasteiger partial charge in [0.2, 0.25) is 0 Å². The summed E-state index contributed by atoms with van der Waals surface area (Å²) in [5.74, 6) is -1.48. The van der Waals surface area contributed by atoms with Gasteiger partial charge in [-0.05, 0) is 51.1 Å². The van der Waals surface area contributed by atoms with Crippen molar-refractivity contribution in [3.63, 3.8) is 0 Å². The second-order valence-corrected chi connectivity index (χ2v) is 7.87. The molecule has 3 heterocycles. The maximum atomic E-state index is 13.2. The van der Waals surface area contributed by atoms with Gasteiger partial charge in [-0.2, -0.15) is 4.99 Å². The molecule has 0 unspecified atom stereocenters. The summed E-state index contributed by atoms with van der Waals surface area (Å²) >= 11 is 0. The SMILES string of the molecule is CCOC(=O)c1cc2c(=O)n3ccccc3nc2n(C(C)C)c1=NC(=O)c1ccc([N+](=O)[O-])cc1. The number of esters is 1. The summed E-state index contributed by atoms with van der Waals surface area (Å²) in [5, 5.41) is 11.1. The molecule has 3 aromatic heterocycles. The van der Waals surface area contributed by atoms with E-state index in [0.717, 1.165) is 0 Å². The van der Waals surface area contributed by atoms with Gasteiger partial charge in [0.1, 0.15) is 16.9 Å². The molecule has 4 aromatic rings. The first-order chi connectivity index (χ1) is 16.7. The molecule has 178 valence electrons. The van der Waals surface area contributed by atoms with E-state index in [4.69, 9.17) is 4.74 Å². The van der Waals surface area contributed by atoms with Crippen molar-refractivity contribution in [3.05, 3.63) is 91.8 Å². The van der Waals surface area contributed by atoms with Gasteiger partial charge in [-0.15, -0.1) is 0 Å². The van der Waals surface area contributed by atoms with Crippen molar-refractivity contribution in [3.8, 4) is 0 Å². The fraction of sp³-hybridized carbons (Fsp3) is 0.208. The second-order valence-electron chi connectivity index (χ2n) is 7.87. The average molecular weight is 475 g/mol. The van der Waals surface area contributed by atoms with E-state index in [1.54, 1.807) is 49.7 Å². The van der Waals surface area contributed by atoms with Crippen LogP contribution in [0.4, 0.5) is 5.69 Å². The number of hydrogen-bond acceptors (Lipinski definition) is 7. The predicted molar refractivity (Wildman–Crippen MR) is 126 cm³/mol. The van der Waals surface area contributed by atoms with Gasteiger partial charge < -0.3 is 9.30 Å². The zero-order valence-electron chi connectivity index (χ0n) is 19.2. The lowest BCUT2D eigenvalue weighted by Crippen LogP contribution is -2.33. The Hall–Kier alpha value is -4.67.